The van der Waals surface area contributed by atoms with Crippen molar-refractivity contribution >= 4 is 23.5 Å². The van der Waals surface area contributed by atoms with Gasteiger partial charge >= 0.3 is 5.69 Å². The topological polar surface area (TPSA) is 120 Å². The number of carbonyl (C=O) groups excluding carboxylic acids is 1. The van der Waals surface area contributed by atoms with Crippen molar-refractivity contribution in [2.24, 2.45) is 5.92 Å². The molecule has 1 heterocycles. The van der Waals surface area contributed by atoms with E-state index in [0.29, 0.717) is 24.5 Å². The molecule has 3 N–H and O–H groups in total. The van der Waals surface area contributed by atoms with Gasteiger partial charge in [0.2, 0.25) is 0 Å². The normalized spacial score (nSPS) is 11.4. The number of anilines is 2. The predicted octanol–water partition coefficient (Wildman–Crippen LogP) is 3.42. The van der Waals surface area contributed by atoms with Gasteiger partial charge in [0.1, 0.15) is 5.82 Å². The van der Waals surface area contributed by atoms with Crippen LogP contribution in [-0.4, -0.2) is 35.2 Å². The Balaban J connectivity index is 2.44. The van der Waals surface area contributed by atoms with E-state index >= 15 is 0 Å². The number of nitrogen functional groups attached to an aromatic ring is 1. The van der Waals surface area contributed by atoms with Crippen LogP contribution in [0, 0.1) is 5.92 Å². The summed E-state index contributed by atoms with van der Waals surface area (Å²) < 4.78 is 12.4. The Kier molecular flexibility index (Phi) is 9.53. The molecule has 1 amide bonds. The molecule has 2 rings (SSSR count). The summed E-state index contributed by atoms with van der Waals surface area (Å²) in [6, 6.07) is 5.35. The Labute approximate surface area is 200 Å². The fourth-order valence-electron chi connectivity index (χ4n) is 3.43. The van der Waals surface area contributed by atoms with Crippen LogP contribution in [0.1, 0.15) is 53.0 Å². The summed E-state index contributed by atoms with van der Waals surface area (Å²) >= 11 is 0. The first-order valence-electron chi connectivity index (χ1n) is 11.6. The number of H-pyrrole nitrogens is 1. The van der Waals surface area contributed by atoms with Crippen molar-refractivity contribution in [1.29, 1.82) is 0 Å². The number of aromatic nitrogens is 2. The Bertz CT molecular complexity index is 1130. The number of hydrogen-bond acceptors (Lipinski definition) is 6. The lowest BCUT2D eigenvalue weighted by Gasteiger charge is -2.25. The molecule has 2 aromatic rings. The number of nitrogens with two attached hydrogens (primary N) is 1. The van der Waals surface area contributed by atoms with Gasteiger partial charge in [-0.2, -0.15) is 0 Å². The van der Waals surface area contributed by atoms with Gasteiger partial charge in [-0.25, -0.2) is 4.79 Å². The fraction of sp³-hybridized carbons (Fsp3) is 0.480. The Morgan fingerprint density at radius 1 is 1.21 bits per heavy atom. The molecule has 34 heavy (non-hydrogen) atoms. The number of ether oxygens (including phenoxy) is 2. The molecule has 0 spiro atoms. The zero-order valence-corrected chi connectivity index (χ0v) is 20.9. The van der Waals surface area contributed by atoms with Crippen molar-refractivity contribution in [3.05, 3.63) is 50.7 Å². The summed E-state index contributed by atoms with van der Waals surface area (Å²) in [6.07, 6.45) is 4.56. The maximum absolute atomic E-state index is 13.2. The van der Waals surface area contributed by atoms with Crippen LogP contribution >= 0.6 is 0 Å². The SMILES string of the molecule is CCCCn1c(N)c(N(CC(C)C)C(=O)/C=C/c2ccc(OC(C)C)c(OC)c2)c(=O)[nH]c1=O. The molecule has 186 valence electrons. The van der Waals surface area contributed by atoms with E-state index in [1.807, 2.05) is 40.7 Å². The van der Waals surface area contributed by atoms with Gasteiger partial charge in [-0.05, 0) is 50.0 Å². The van der Waals surface area contributed by atoms with Crippen LogP contribution in [0.5, 0.6) is 11.5 Å². The standard InChI is InChI=1S/C25H36N4O5/c1-7-8-13-28-23(26)22(24(31)27-25(28)32)29(15-16(2)3)21(30)12-10-18-9-11-19(34-17(4)5)20(14-18)33-6/h9-12,14,16-17H,7-8,13,15,26H2,1-6H3,(H,27,31,32)/b12-10+. The first-order valence-corrected chi connectivity index (χ1v) is 11.6. The number of amides is 1. The molecule has 9 heteroatoms. The second-order valence-electron chi connectivity index (χ2n) is 8.75. The largest absolute Gasteiger partial charge is 0.493 e. The minimum atomic E-state index is -0.686. The van der Waals surface area contributed by atoms with E-state index in [0.717, 1.165) is 12.0 Å². The van der Waals surface area contributed by atoms with E-state index in [2.05, 4.69) is 4.98 Å². The quantitative estimate of drug-likeness (QED) is 0.484. The Morgan fingerprint density at radius 2 is 1.91 bits per heavy atom. The number of benzene rings is 1. The molecule has 0 fully saturated rings. The fourth-order valence-corrected chi connectivity index (χ4v) is 3.43. The molecule has 0 atom stereocenters. The van der Waals surface area contributed by atoms with E-state index in [4.69, 9.17) is 15.2 Å². The minimum absolute atomic E-state index is 0.00870. The Hall–Kier alpha value is -3.49. The molecule has 0 saturated carbocycles. The molecule has 0 unspecified atom stereocenters. The van der Waals surface area contributed by atoms with Gasteiger partial charge in [-0.1, -0.05) is 33.3 Å². The zero-order chi connectivity index (χ0) is 25.4. The summed E-state index contributed by atoms with van der Waals surface area (Å²) in [7, 11) is 1.55. The van der Waals surface area contributed by atoms with Crippen LogP contribution in [-0.2, 0) is 11.3 Å². The van der Waals surface area contributed by atoms with Gasteiger partial charge in [0, 0.05) is 19.2 Å². The first-order chi connectivity index (χ1) is 16.1. The van der Waals surface area contributed by atoms with Crippen LogP contribution in [0.2, 0.25) is 0 Å². The first kappa shape index (κ1) is 26.8. The van der Waals surface area contributed by atoms with Gasteiger partial charge in [-0.3, -0.25) is 19.1 Å². The third-order valence-corrected chi connectivity index (χ3v) is 5.00. The van der Waals surface area contributed by atoms with Crippen LogP contribution in [0.25, 0.3) is 6.08 Å². The average Bonchev–Trinajstić information content (AvgIpc) is 2.76. The van der Waals surface area contributed by atoms with Crippen molar-refractivity contribution in [2.45, 2.75) is 60.1 Å². The summed E-state index contributed by atoms with van der Waals surface area (Å²) in [5.74, 6) is 0.774. The molecular formula is C25H36N4O5. The van der Waals surface area contributed by atoms with E-state index in [-0.39, 0.29) is 30.1 Å². The third kappa shape index (κ3) is 6.76. The second-order valence-corrected chi connectivity index (χ2v) is 8.75. The van der Waals surface area contributed by atoms with E-state index in [1.165, 1.54) is 15.5 Å². The summed E-state index contributed by atoms with van der Waals surface area (Å²) in [4.78, 5) is 41.8. The molecular weight excluding hydrogens is 436 g/mol. The number of unbranched alkanes of at least 4 members (excludes halogenated alkanes) is 1. The molecule has 1 aromatic heterocycles. The van der Waals surface area contributed by atoms with Crippen LogP contribution in [0.4, 0.5) is 11.5 Å². The summed E-state index contributed by atoms with van der Waals surface area (Å²) in [5.41, 5.74) is 5.68. The second kappa shape index (κ2) is 12.1. The lowest BCUT2D eigenvalue weighted by atomic mass is 10.1. The van der Waals surface area contributed by atoms with Crippen molar-refractivity contribution < 1.29 is 14.3 Å². The summed E-state index contributed by atoms with van der Waals surface area (Å²) in [5, 5.41) is 0. The molecule has 1 aromatic carbocycles. The van der Waals surface area contributed by atoms with Crippen molar-refractivity contribution in [3.63, 3.8) is 0 Å². The number of carbonyl (C=O) groups is 1. The number of nitrogens with one attached hydrogen (secondary N) is 1. The maximum Gasteiger partial charge on any atom is 0.330 e. The number of hydrogen-bond donors (Lipinski definition) is 2. The third-order valence-electron chi connectivity index (χ3n) is 5.00. The lowest BCUT2D eigenvalue weighted by molar-refractivity contribution is -0.114. The predicted molar refractivity (Wildman–Crippen MR) is 136 cm³/mol. The number of nitrogens with zero attached hydrogens (tertiary/aromatic N) is 2. The monoisotopic (exact) mass is 472 g/mol. The lowest BCUT2D eigenvalue weighted by Crippen LogP contribution is -2.42. The van der Waals surface area contributed by atoms with Crippen LogP contribution in [0.3, 0.4) is 0 Å². The molecule has 0 aliphatic heterocycles. The van der Waals surface area contributed by atoms with Gasteiger partial charge in [-0.15, -0.1) is 0 Å². The molecule has 0 aliphatic carbocycles. The van der Waals surface area contributed by atoms with E-state index in [9.17, 15) is 14.4 Å². The highest BCUT2D eigenvalue weighted by Crippen LogP contribution is 2.29. The molecule has 0 bridgehead atoms. The van der Waals surface area contributed by atoms with E-state index in [1.54, 1.807) is 25.3 Å². The molecule has 0 saturated heterocycles. The summed E-state index contributed by atoms with van der Waals surface area (Å²) in [6.45, 7) is 10.3. The minimum Gasteiger partial charge on any atom is -0.493 e. The van der Waals surface area contributed by atoms with Gasteiger partial charge in [0.25, 0.3) is 11.5 Å². The zero-order valence-electron chi connectivity index (χ0n) is 20.9. The molecule has 0 radical (unpaired) electrons. The molecule has 9 nitrogen and oxygen atoms in total. The highest BCUT2D eigenvalue weighted by Gasteiger charge is 2.23. The van der Waals surface area contributed by atoms with Crippen LogP contribution < -0.4 is 31.4 Å². The van der Waals surface area contributed by atoms with Gasteiger partial charge in [0.15, 0.2) is 17.2 Å². The highest BCUT2D eigenvalue weighted by molar-refractivity contribution is 6.05. The number of methoxy groups -OCH3 is 1. The highest BCUT2D eigenvalue weighted by atomic mass is 16.5. The van der Waals surface area contributed by atoms with Gasteiger partial charge in [0.05, 0.1) is 13.2 Å². The average molecular weight is 473 g/mol. The van der Waals surface area contributed by atoms with Crippen LogP contribution in [0.15, 0.2) is 33.9 Å². The number of rotatable bonds is 11. The Morgan fingerprint density at radius 3 is 2.50 bits per heavy atom. The maximum atomic E-state index is 13.2. The van der Waals surface area contributed by atoms with Gasteiger partial charge < -0.3 is 20.1 Å². The van der Waals surface area contributed by atoms with Crippen molar-refractivity contribution in [3.8, 4) is 11.5 Å². The van der Waals surface area contributed by atoms with Crippen molar-refractivity contribution in [1.82, 2.24) is 9.55 Å². The van der Waals surface area contributed by atoms with Crippen molar-refractivity contribution in [2.75, 3.05) is 24.3 Å². The molecule has 0 aliphatic rings. The number of aromatic amines is 1. The van der Waals surface area contributed by atoms with E-state index < -0.39 is 17.2 Å². The smallest absolute Gasteiger partial charge is 0.330 e.